The van der Waals surface area contributed by atoms with Gasteiger partial charge in [-0.2, -0.15) is 0 Å². The van der Waals surface area contributed by atoms with E-state index in [4.69, 9.17) is 11.6 Å². The molecule has 0 N–H and O–H groups in total. The van der Waals surface area contributed by atoms with Gasteiger partial charge >= 0.3 is 0 Å². The molecular weight excluding hydrogens is 198 g/mol. The molecular formula is C10H10ClN3. The molecule has 0 aliphatic rings. The van der Waals surface area contributed by atoms with E-state index in [0.29, 0.717) is 10.8 Å². The normalized spacial score (nSPS) is 10.5. The summed E-state index contributed by atoms with van der Waals surface area (Å²) in [6.07, 6.45) is 1.78. The Hall–Kier alpha value is -1.35. The van der Waals surface area contributed by atoms with Gasteiger partial charge in [-0.3, -0.25) is 0 Å². The average molecular weight is 208 g/mol. The maximum absolute atomic E-state index is 5.76. The Morgan fingerprint density at radius 1 is 1.29 bits per heavy atom. The Morgan fingerprint density at radius 2 is 2.07 bits per heavy atom. The lowest BCUT2D eigenvalue weighted by molar-refractivity contribution is 1.12. The highest BCUT2D eigenvalue weighted by Gasteiger charge is 2.00. The lowest BCUT2D eigenvalue weighted by Gasteiger charge is -2.11. The van der Waals surface area contributed by atoms with Crippen molar-refractivity contribution in [3.05, 3.63) is 29.5 Å². The third-order valence-electron chi connectivity index (χ3n) is 2.01. The Bertz CT molecular complexity index is 468. The minimum atomic E-state index is 0.475. The van der Waals surface area contributed by atoms with E-state index in [0.717, 1.165) is 11.1 Å². The van der Waals surface area contributed by atoms with Gasteiger partial charge in [0.2, 0.25) is 0 Å². The summed E-state index contributed by atoms with van der Waals surface area (Å²) in [6, 6.07) is 5.72. The van der Waals surface area contributed by atoms with E-state index in [1.807, 2.05) is 31.1 Å². The molecule has 0 saturated carbocycles. The summed E-state index contributed by atoms with van der Waals surface area (Å²) >= 11 is 5.76. The van der Waals surface area contributed by atoms with Gasteiger partial charge in [0.15, 0.2) is 5.65 Å². The maximum atomic E-state index is 5.76. The fourth-order valence-corrected chi connectivity index (χ4v) is 1.36. The monoisotopic (exact) mass is 207 g/mol. The predicted molar refractivity (Wildman–Crippen MR) is 58.9 cm³/mol. The molecule has 3 nitrogen and oxygen atoms in total. The average Bonchev–Trinajstić information content (AvgIpc) is 2.16. The molecule has 72 valence electrons. The Balaban J connectivity index is 2.62. The number of anilines is 1. The first-order valence-corrected chi connectivity index (χ1v) is 4.64. The van der Waals surface area contributed by atoms with E-state index in [9.17, 15) is 0 Å². The van der Waals surface area contributed by atoms with Crippen LogP contribution < -0.4 is 4.90 Å². The lowest BCUT2D eigenvalue weighted by Crippen LogP contribution is -2.08. The summed E-state index contributed by atoms with van der Waals surface area (Å²) in [5.74, 6) is 0. The van der Waals surface area contributed by atoms with Crippen LogP contribution >= 0.6 is 11.6 Å². The summed E-state index contributed by atoms with van der Waals surface area (Å²) in [7, 11) is 3.96. The highest BCUT2D eigenvalue weighted by atomic mass is 35.5. The highest BCUT2D eigenvalue weighted by Crippen LogP contribution is 2.18. The fraction of sp³-hybridized carbons (Fsp3) is 0.200. The van der Waals surface area contributed by atoms with Gasteiger partial charge in [-0.05, 0) is 18.2 Å². The highest BCUT2D eigenvalue weighted by molar-refractivity contribution is 6.29. The number of hydrogen-bond acceptors (Lipinski definition) is 3. The van der Waals surface area contributed by atoms with Crippen LogP contribution in [0.4, 0.5) is 5.69 Å². The second-order valence-electron chi connectivity index (χ2n) is 3.27. The summed E-state index contributed by atoms with van der Waals surface area (Å²) in [4.78, 5) is 10.3. The molecule has 0 bridgehead atoms. The number of fused-ring (bicyclic) bond motifs is 1. The van der Waals surface area contributed by atoms with Gasteiger partial charge in [-0.15, -0.1) is 0 Å². The first-order valence-electron chi connectivity index (χ1n) is 4.26. The van der Waals surface area contributed by atoms with E-state index in [1.165, 1.54) is 0 Å². The molecule has 0 aliphatic heterocycles. The van der Waals surface area contributed by atoms with Gasteiger partial charge in [-0.1, -0.05) is 11.6 Å². The van der Waals surface area contributed by atoms with Crippen molar-refractivity contribution >= 4 is 28.3 Å². The summed E-state index contributed by atoms with van der Waals surface area (Å²) < 4.78 is 0. The molecule has 2 heterocycles. The van der Waals surface area contributed by atoms with Crippen LogP contribution in [0.3, 0.4) is 0 Å². The minimum Gasteiger partial charge on any atom is -0.376 e. The molecule has 2 aromatic rings. The number of hydrogen-bond donors (Lipinski definition) is 0. The molecule has 0 spiro atoms. The van der Waals surface area contributed by atoms with Crippen LogP contribution in [0, 0.1) is 0 Å². The first kappa shape index (κ1) is 9.21. The van der Waals surface area contributed by atoms with Crippen molar-refractivity contribution in [3.8, 4) is 0 Å². The number of rotatable bonds is 1. The second kappa shape index (κ2) is 3.42. The molecule has 0 unspecified atom stereocenters. The largest absolute Gasteiger partial charge is 0.376 e. The van der Waals surface area contributed by atoms with E-state index in [-0.39, 0.29) is 0 Å². The third kappa shape index (κ3) is 1.63. The number of halogens is 1. The number of aromatic nitrogens is 2. The topological polar surface area (TPSA) is 29.0 Å². The van der Waals surface area contributed by atoms with Gasteiger partial charge in [-0.25, -0.2) is 9.97 Å². The Morgan fingerprint density at radius 3 is 2.79 bits per heavy atom. The quantitative estimate of drug-likeness (QED) is 0.673. The summed E-state index contributed by atoms with van der Waals surface area (Å²) in [6.45, 7) is 0. The molecule has 0 aromatic carbocycles. The molecule has 14 heavy (non-hydrogen) atoms. The van der Waals surface area contributed by atoms with Crippen LogP contribution in [0.5, 0.6) is 0 Å². The van der Waals surface area contributed by atoms with Gasteiger partial charge in [0.25, 0.3) is 0 Å². The van der Waals surface area contributed by atoms with Gasteiger partial charge < -0.3 is 4.90 Å². The molecule has 2 rings (SSSR count). The van der Waals surface area contributed by atoms with Crippen molar-refractivity contribution in [2.45, 2.75) is 0 Å². The van der Waals surface area contributed by atoms with Gasteiger partial charge in [0, 0.05) is 19.5 Å². The van der Waals surface area contributed by atoms with Crippen molar-refractivity contribution in [2.75, 3.05) is 19.0 Å². The Kier molecular flexibility index (Phi) is 2.25. The Labute approximate surface area is 87.3 Å². The third-order valence-corrected chi connectivity index (χ3v) is 2.22. The van der Waals surface area contributed by atoms with Gasteiger partial charge in [0.05, 0.1) is 11.9 Å². The van der Waals surface area contributed by atoms with Crippen LogP contribution in [0.15, 0.2) is 24.4 Å². The van der Waals surface area contributed by atoms with Crippen LogP contribution in [0.25, 0.3) is 11.0 Å². The molecule has 0 atom stereocenters. The van der Waals surface area contributed by atoms with Crippen LogP contribution in [-0.4, -0.2) is 24.1 Å². The molecule has 0 saturated heterocycles. The van der Waals surface area contributed by atoms with Crippen molar-refractivity contribution in [1.29, 1.82) is 0 Å². The predicted octanol–water partition coefficient (Wildman–Crippen LogP) is 2.35. The van der Waals surface area contributed by atoms with Crippen LogP contribution in [-0.2, 0) is 0 Å². The molecule has 0 radical (unpaired) electrons. The standard InChI is InChI=1S/C10H10ClN3/c1-14(2)8-5-7-3-4-9(11)13-10(7)12-6-8/h3-6H,1-2H3. The van der Waals surface area contributed by atoms with Crippen molar-refractivity contribution in [2.24, 2.45) is 0 Å². The van der Waals surface area contributed by atoms with E-state index < -0.39 is 0 Å². The van der Waals surface area contributed by atoms with Crippen molar-refractivity contribution in [1.82, 2.24) is 9.97 Å². The van der Waals surface area contributed by atoms with E-state index >= 15 is 0 Å². The number of nitrogens with zero attached hydrogens (tertiary/aromatic N) is 3. The lowest BCUT2D eigenvalue weighted by atomic mass is 10.2. The summed E-state index contributed by atoms with van der Waals surface area (Å²) in [5.41, 5.74) is 1.74. The first-order chi connectivity index (χ1) is 6.66. The zero-order valence-electron chi connectivity index (χ0n) is 8.03. The molecule has 0 amide bonds. The zero-order valence-corrected chi connectivity index (χ0v) is 8.78. The smallest absolute Gasteiger partial charge is 0.160 e. The SMILES string of the molecule is CN(C)c1cnc2nc(Cl)ccc2c1. The fourth-order valence-electron chi connectivity index (χ4n) is 1.22. The minimum absolute atomic E-state index is 0.475. The van der Waals surface area contributed by atoms with E-state index in [1.54, 1.807) is 12.3 Å². The van der Waals surface area contributed by atoms with E-state index in [2.05, 4.69) is 9.97 Å². The molecule has 0 aliphatic carbocycles. The van der Waals surface area contributed by atoms with Crippen LogP contribution in [0.2, 0.25) is 5.15 Å². The second-order valence-corrected chi connectivity index (χ2v) is 3.66. The van der Waals surface area contributed by atoms with Crippen LogP contribution in [0.1, 0.15) is 0 Å². The number of pyridine rings is 2. The maximum Gasteiger partial charge on any atom is 0.160 e. The summed E-state index contributed by atoms with van der Waals surface area (Å²) in [5, 5.41) is 1.48. The van der Waals surface area contributed by atoms with Gasteiger partial charge in [0.1, 0.15) is 5.15 Å². The molecule has 0 fully saturated rings. The zero-order chi connectivity index (χ0) is 10.1. The van der Waals surface area contributed by atoms with Crippen molar-refractivity contribution < 1.29 is 0 Å². The molecule has 4 heteroatoms. The van der Waals surface area contributed by atoms with Crippen molar-refractivity contribution in [3.63, 3.8) is 0 Å². The molecule has 2 aromatic heterocycles.